The number of aromatic nitrogens is 1. The molecule has 1 heterocycles. The van der Waals surface area contributed by atoms with Crippen LogP contribution in [-0.2, 0) is 0 Å². The number of benzene rings is 1. The van der Waals surface area contributed by atoms with Gasteiger partial charge >= 0.3 is 0 Å². The Morgan fingerprint density at radius 3 is 2.75 bits per heavy atom. The molecule has 0 aliphatic carbocycles. The molecule has 2 aromatic rings. The summed E-state index contributed by atoms with van der Waals surface area (Å²) in [6.07, 6.45) is 0. The van der Waals surface area contributed by atoms with Crippen LogP contribution in [0.25, 0.3) is 10.2 Å². The summed E-state index contributed by atoms with van der Waals surface area (Å²) < 4.78 is 1.26. The first kappa shape index (κ1) is 8.61. The third-order valence-electron chi connectivity index (χ3n) is 1.24. The van der Waals surface area contributed by atoms with E-state index in [0.29, 0.717) is 0 Å². The fraction of sp³-hybridized carbons (Fsp3) is 0. The summed E-state index contributed by atoms with van der Waals surface area (Å²) in [4.78, 5) is 4.14. The highest BCUT2D eigenvalue weighted by Crippen LogP contribution is 2.15. The number of para-hydroxylation sites is 1. The van der Waals surface area contributed by atoms with E-state index in [-0.39, 0.29) is 0 Å². The van der Waals surface area contributed by atoms with Crippen LogP contribution in [0.3, 0.4) is 0 Å². The van der Waals surface area contributed by atoms with Gasteiger partial charge in [-0.3, -0.25) is 0 Å². The van der Waals surface area contributed by atoms with Crippen LogP contribution in [0.2, 0.25) is 0 Å². The number of nitrogens with one attached hydrogen (secondary N) is 1. The van der Waals surface area contributed by atoms with Crippen molar-refractivity contribution in [3.05, 3.63) is 29.8 Å². The third-order valence-corrected chi connectivity index (χ3v) is 2.05. The van der Waals surface area contributed by atoms with E-state index >= 15 is 0 Å². The molecule has 4 nitrogen and oxygen atoms in total. The van der Waals surface area contributed by atoms with Gasteiger partial charge in [-0.15, -0.1) is 11.3 Å². The first-order valence-electron chi connectivity index (χ1n) is 3.23. The lowest BCUT2D eigenvalue weighted by atomic mass is 10.3. The Balaban J connectivity index is 0.000000213. The van der Waals surface area contributed by atoms with Crippen molar-refractivity contribution in [1.82, 2.24) is 4.98 Å². The van der Waals surface area contributed by atoms with Crippen molar-refractivity contribution in [3.63, 3.8) is 0 Å². The number of hydrogen-bond acceptors (Lipinski definition) is 4. The van der Waals surface area contributed by atoms with E-state index in [1.807, 2.05) is 23.7 Å². The van der Waals surface area contributed by atoms with Crippen LogP contribution in [0, 0.1) is 5.53 Å². The average molecular weight is 180 g/mol. The second-order valence-corrected chi connectivity index (χ2v) is 2.84. The van der Waals surface area contributed by atoms with Crippen LogP contribution in [0.4, 0.5) is 0 Å². The molecular formula is C7H8N4S. The highest BCUT2D eigenvalue weighted by atomic mass is 32.1. The zero-order valence-corrected chi connectivity index (χ0v) is 7.08. The van der Waals surface area contributed by atoms with E-state index in [4.69, 9.17) is 5.53 Å². The molecule has 0 atom stereocenters. The molecule has 0 saturated carbocycles. The van der Waals surface area contributed by atoms with Gasteiger partial charge in [-0.05, 0) is 12.1 Å². The molecule has 0 spiro atoms. The zero-order valence-electron chi connectivity index (χ0n) is 6.27. The summed E-state index contributed by atoms with van der Waals surface area (Å²) in [7, 11) is 0. The van der Waals surface area contributed by atoms with E-state index < -0.39 is 0 Å². The van der Waals surface area contributed by atoms with Gasteiger partial charge in [-0.1, -0.05) is 17.4 Å². The van der Waals surface area contributed by atoms with Gasteiger partial charge in [0, 0.05) is 0 Å². The molecule has 0 radical (unpaired) electrons. The monoisotopic (exact) mass is 180 g/mol. The van der Waals surface area contributed by atoms with Crippen molar-refractivity contribution in [2.45, 2.75) is 0 Å². The molecule has 1 aromatic heterocycles. The highest BCUT2D eigenvalue weighted by molar-refractivity contribution is 7.16. The summed E-state index contributed by atoms with van der Waals surface area (Å²) in [6, 6.07) is 8.13. The lowest BCUT2D eigenvalue weighted by Gasteiger charge is -1.80. The summed E-state index contributed by atoms with van der Waals surface area (Å²) in [5.41, 5.74) is 8.58. The first-order valence-corrected chi connectivity index (χ1v) is 4.11. The van der Waals surface area contributed by atoms with Crippen LogP contribution in [-0.4, -0.2) is 4.98 Å². The topological polar surface area (TPSA) is 75.1 Å². The van der Waals surface area contributed by atoms with Crippen LogP contribution < -0.4 is 5.84 Å². The van der Waals surface area contributed by atoms with E-state index in [1.165, 1.54) is 4.70 Å². The van der Waals surface area contributed by atoms with Crippen LogP contribution in [0.1, 0.15) is 0 Å². The Kier molecular flexibility index (Phi) is 3.16. The molecule has 0 fully saturated rings. The second kappa shape index (κ2) is 4.40. The Morgan fingerprint density at radius 1 is 1.42 bits per heavy atom. The molecule has 3 N–H and O–H groups in total. The quantitative estimate of drug-likeness (QED) is 0.370. The van der Waals surface area contributed by atoms with Gasteiger partial charge in [-0.25, -0.2) is 4.98 Å². The van der Waals surface area contributed by atoms with E-state index in [0.717, 1.165) is 5.52 Å². The number of rotatable bonds is 0. The smallest absolute Gasteiger partial charge is 0.0812 e. The minimum Gasteiger partial charge on any atom is -0.305 e. The van der Waals surface area contributed by atoms with Gasteiger partial charge in [-0.2, -0.15) is 5.53 Å². The van der Waals surface area contributed by atoms with E-state index in [9.17, 15) is 0 Å². The third kappa shape index (κ3) is 2.00. The van der Waals surface area contributed by atoms with Gasteiger partial charge in [0.2, 0.25) is 0 Å². The maximum absolute atomic E-state index is 5.61. The predicted octanol–water partition coefficient (Wildman–Crippen LogP) is 2.19. The Morgan fingerprint density at radius 2 is 2.08 bits per heavy atom. The number of thiazole rings is 1. The Hall–Kier alpha value is -1.49. The molecule has 0 unspecified atom stereocenters. The lowest BCUT2D eigenvalue weighted by molar-refractivity contribution is 0.991. The largest absolute Gasteiger partial charge is 0.305 e. The molecular weight excluding hydrogens is 172 g/mol. The Bertz CT molecular complexity index is 327. The second-order valence-electron chi connectivity index (χ2n) is 1.95. The number of nitrogens with zero attached hydrogens (tertiary/aromatic N) is 2. The summed E-state index contributed by atoms with van der Waals surface area (Å²) >= 11 is 1.68. The number of hydrogen-bond donors (Lipinski definition) is 2. The molecule has 1 aromatic carbocycles. The molecule has 0 bridgehead atoms. The molecule has 12 heavy (non-hydrogen) atoms. The molecule has 0 aliphatic heterocycles. The molecule has 0 aliphatic rings. The van der Waals surface area contributed by atoms with Gasteiger partial charge in [0.1, 0.15) is 0 Å². The summed E-state index contributed by atoms with van der Waals surface area (Å²) in [5, 5.41) is 2.25. The number of fused-ring (bicyclic) bond motifs is 1. The maximum Gasteiger partial charge on any atom is 0.0812 e. The van der Waals surface area contributed by atoms with Gasteiger partial charge in [0.05, 0.1) is 15.7 Å². The van der Waals surface area contributed by atoms with Gasteiger partial charge in [0.25, 0.3) is 0 Å². The van der Waals surface area contributed by atoms with Crippen LogP contribution >= 0.6 is 11.3 Å². The van der Waals surface area contributed by atoms with Crippen molar-refractivity contribution in [1.29, 1.82) is 5.53 Å². The SMILES string of the molecule is N=NN.c1ccc2scnc2c1. The molecule has 0 saturated heterocycles. The zero-order chi connectivity index (χ0) is 8.81. The fourth-order valence-electron chi connectivity index (χ4n) is 0.803. The standard InChI is InChI=1S/C7H5NS.H3N3/c1-2-4-7-6(3-1)8-5-9-7;1-3-2/h1-5H;(H3,1,2). The van der Waals surface area contributed by atoms with Crippen molar-refractivity contribution in [2.24, 2.45) is 11.1 Å². The maximum atomic E-state index is 5.61. The van der Waals surface area contributed by atoms with Crippen LogP contribution in [0.5, 0.6) is 0 Å². The average Bonchev–Trinajstić information content (AvgIpc) is 2.52. The lowest BCUT2D eigenvalue weighted by Crippen LogP contribution is -1.66. The van der Waals surface area contributed by atoms with Crippen molar-refractivity contribution < 1.29 is 0 Å². The summed E-state index contributed by atoms with van der Waals surface area (Å²) in [5.74, 6) is 4.14. The minimum atomic E-state index is 1.10. The van der Waals surface area contributed by atoms with Gasteiger partial charge in [0.15, 0.2) is 0 Å². The van der Waals surface area contributed by atoms with Crippen molar-refractivity contribution in [3.8, 4) is 0 Å². The van der Waals surface area contributed by atoms with Gasteiger partial charge < -0.3 is 5.84 Å². The Labute approximate surface area is 73.5 Å². The molecule has 2 rings (SSSR count). The van der Waals surface area contributed by atoms with E-state index in [1.54, 1.807) is 11.3 Å². The van der Waals surface area contributed by atoms with Crippen LogP contribution in [0.15, 0.2) is 35.0 Å². The fourth-order valence-corrected chi connectivity index (χ4v) is 1.48. The predicted molar refractivity (Wildman–Crippen MR) is 49.0 cm³/mol. The van der Waals surface area contributed by atoms with Crippen molar-refractivity contribution in [2.75, 3.05) is 0 Å². The number of nitrogens with two attached hydrogens (primary N) is 1. The molecule has 62 valence electrons. The van der Waals surface area contributed by atoms with E-state index in [2.05, 4.69) is 22.1 Å². The normalized spacial score (nSPS) is 8.67. The first-order chi connectivity index (χ1) is 5.88. The summed E-state index contributed by atoms with van der Waals surface area (Å²) in [6.45, 7) is 0. The minimum absolute atomic E-state index is 1.10. The highest BCUT2D eigenvalue weighted by Gasteiger charge is 1.89. The molecule has 5 heteroatoms. The van der Waals surface area contributed by atoms with Crippen molar-refractivity contribution >= 4 is 21.6 Å². The molecule has 0 amide bonds.